The third-order valence-electron chi connectivity index (χ3n) is 3.07. The van der Waals surface area contributed by atoms with Crippen molar-refractivity contribution in [3.05, 3.63) is 0 Å². The molecule has 0 spiro atoms. The first kappa shape index (κ1) is 12.9. The highest BCUT2D eigenvalue weighted by Crippen LogP contribution is 2.14. The summed E-state index contributed by atoms with van der Waals surface area (Å²) in [5, 5.41) is 0. The van der Waals surface area contributed by atoms with Crippen molar-refractivity contribution in [3.63, 3.8) is 0 Å². The molecule has 1 heterocycles. The summed E-state index contributed by atoms with van der Waals surface area (Å²) in [6.07, 6.45) is 5.29. The summed E-state index contributed by atoms with van der Waals surface area (Å²) in [5.41, 5.74) is 5.73. The average molecular weight is 214 g/mol. The zero-order valence-electron chi connectivity index (χ0n) is 10.2. The van der Waals surface area contributed by atoms with Gasteiger partial charge in [0.1, 0.15) is 0 Å². The van der Waals surface area contributed by atoms with Gasteiger partial charge >= 0.3 is 0 Å². The molecule has 0 aliphatic carbocycles. The van der Waals surface area contributed by atoms with Crippen molar-refractivity contribution in [1.29, 1.82) is 0 Å². The Morgan fingerprint density at radius 2 is 2.07 bits per heavy atom. The molecule has 0 aromatic rings. The molecule has 1 unspecified atom stereocenters. The Bertz CT molecular complexity index is 154. The van der Waals surface area contributed by atoms with Crippen LogP contribution in [0.2, 0.25) is 0 Å². The Labute approximate surface area is 94.0 Å². The molecule has 2 N–H and O–H groups in total. The van der Waals surface area contributed by atoms with Gasteiger partial charge in [0, 0.05) is 25.7 Å². The second-order valence-corrected chi connectivity index (χ2v) is 4.62. The first-order valence-corrected chi connectivity index (χ1v) is 6.32. The van der Waals surface area contributed by atoms with Gasteiger partial charge in [-0.1, -0.05) is 0 Å². The number of rotatable bonds is 6. The van der Waals surface area contributed by atoms with Crippen molar-refractivity contribution in [2.24, 2.45) is 5.73 Å². The number of likely N-dealkylation sites (tertiary alicyclic amines) is 1. The molecule has 1 fully saturated rings. The fourth-order valence-corrected chi connectivity index (χ4v) is 2.17. The molecule has 0 bridgehead atoms. The minimum atomic E-state index is 0.353. The van der Waals surface area contributed by atoms with Crippen LogP contribution in [-0.4, -0.2) is 43.3 Å². The van der Waals surface area contributed by atoms with E-state index in [0.29, 0.717) is 12.1 Å². The molecule has 0 aromatic heterocycles. The van der Waals surface area contributed by atoms with Gasteiger partial charge in [0.25, 0.3) is 0 Å². The predicted octanol–water partition coefficient (Wildman–Crippen LogP) is 1.61. The topological polar surface area (TPSA) is 38.5 Å². The maximum atomic E-state index is 5.73. The summed E-state index contributed by atoms with van der Waals surface area (Å²) in [6, 6.07) is 0.353. The molecule has 0 amide bonds. The van der Waals surface area contributed by atoms with Gasteiger partial charge in [-0.3, -0.25) is 0 Å². The molecule has 1 rings (SSSR count). The highest BCUT2D eigenvalue weighted by molar-refractivity contribution is 4.72. The van der Waals surface area contributed by atoms with E-state index < -0.39 is 0 Å². The van der Waals surface area contributed by atoms with Crippen molar-refractivity contribution < 1.29 is 4.74 Å². The summed E-state index contributed by atoms with van der Waals surface area (Å²) in [5.74, 6) is 0. The van der Waals surface area contributed by atoms with E-state index in [2.05, 4.69) is 18.7 Å². The summed E-state index contributed by atoms with van der Waals surface area (Å²) < 4.78 is 5.63. The van der Waals surface area contributed by atoms with Crippen molar-refractivity contribution in [2.45, 2.75) is 51.7 Å². The molecule has 3 nitrogen and oxygen atoms in total. The maximum Gasteiger partial charge on any atom is 0.0599 e. The monoisotopic (exact) mass is 214 g/mol. The van der Waals surface area contributed by atoms with Crippen molar-refractivity contribution >= 4 is 0 Å². The van der Waals surface area contributed by atoms with Gasteiger partial charge in [-0.2, -0.15) is 0 Å². The number of piperidine rings is 1. The van der Waals surface area contributed by atoms with Crippen molar-refractivity contribution in [3.8, 4) is 0 Å². The van der Waals surface area contributed by atoms with E-state index >= 15 is 0 Å². The van der Waals surface area contributed by atoms with Crippen LogP contribution in [0.4, 0.5) is 0 Å². The first-order chi connectivity index (χ1) is 7.22. The van der Waals surface area contributed by atoms with E-state index in [1.54, 1.807) is 0 Å². The summed E-state index contributed by atoms with van der Waals surface area (Å²) in [7, 11) is 0. The molecule has 1 saturated heterocycles. The third kappa shape index (κ3) is 5.50. The quantitative estimate of drug-likeness (QED) is 0.730. The van der Waals surface area contributed by atoms with Crippen LogP contribution in [0.5, 0.6) is 0 Å². The maximum absolute atomic E-state index is 5.73. The second kappa shape index (κ2) is 7.20. The van der Waals surface area contributed by atoms with Crippen LogP contribution in [0.15, 0.2) is 0 Å². The lowest BCUT2D eigenvalue weighted by molar-refractivity contribution is 0.0139. The smallest absolute Gasteiger partial charge is 0.0599 e. The SMILES string of the molecule is CCOC1CCN(CCCC(C)N)CC1. The second-order valence-electron chi connectivity index (χ2n) is 4.62. The van der Waals surface area contributed by atoms with E-state index in [4.69, 9.17) is 10.5 Å². The molecule has 15 heavy (non-hydrogen) atoms. The lowest BCUT2D eigenvalue weighted by Crippen LogP contribution is -2.37. The zero-order chi connectivity index (χ0) is 11.1. The Morgan fingerprint density at radius 1 is 1.40 bits per heavy atom. The molecule has 3 heteroatoms. The summed E-state index contributed by atoms with van der Waals surface area (Å²) >= 11 is 0. The van der Waals surface area contributed by atoms with Gasteiger partial charge in [0.2, 0.25) is 0 Å². The van der Waals surface area contributed by atoms with Gasteiger partial charge in [0.05, 0.1) is 6.10 Å². The lowest BCUT2D eigenvalue weighted by atomic mass is 10.1. The van der Waals surface area contributed by atoms with Gasteiger partial charge < -0.3 is 15.4 Å². The van der Waals surface area contributed by atoms with E-state index in [0.717, 1.165) is 13.0 Å². The third-order valence-corrected chi connectivity index (χ3v) is 3.07. The number of nitrogens with zero attached hydrogens (tertiary/aromatic N) is 1. The molecule has 90 valence electrons. The average Bonchev–Trinajstić information content (AvgIpc) is 2.20. The van der Waals surface area contributed by atoms with Crippen molar-refractivity contribution in [1.82, 2.24) is 4.90 Å². The predicted molar refractivity (Wildman–Crippen MR) is 64.0 cm³/mol. The van der Waals surface area contributed by atoms with Gasteiger partial charge in [-0.25, -0.2) is 0 Å². The standard InChI is InChI=1S/C12H26N2O/c1-3-15-12-6-9-14(10-7-12)8-4-5-11(2)13/h11-12H,3-10,13H2,1-2H3. The fraction of sp³-hybridized carbons (Fsp3) is 1.00. The van der Waals surface area contributed by atoms with E-state index in [1.807, 2.05) is 0 Å². The van der Waals surface area contributed by atoms with Crippen LogP contribution >= 0.6 is 0 Å². The first-order valence-electron chi connectivity index (χ1n) is 6.32. The minimum absolute atomic E-state index is 0.353. The number of hydrogen-bond acceptors (Lipinski definition) is 3. The normalized spacial score (nSPS) is 21.8. The number of hydrogen-bond donors (Lipinski definition) is 1. The molecular formula is C12H26N2O. The highest BCUT2D eigenvalue weighted by atomic mass is 16.5. The van der Waals surface area contributed by atoms with E-state index in [9.17, 15) is 0 Å². The fourth-order valence-electron chi connectivity index (χ4n) is 2.17. The molecular weight excluding hydrogens is 188 g/mol. The van der Waals surface area contributed by atoms with E-state index in [1.165, 1.54) is 38.9 Å². The molecule has 0 saturated carbocycles. The van der Waals surface area contributed by atoms with Crippen molar-refractivity contribution in [2.75, 3.05) is 26.2 Å². The highest BCUT2D eigenvalue weighted by Gasteiger charge is 2.18. The molecule has 1 aliphatic rings. The van der Waals surface area contributed by atoms with Crippen LogP contribution in [0.25, 0.3) is 0 Å². The van der Waals surface area contributed by atoms with Crippen LogP contribution in [0.3, 0.4) is 0 Å². The zero-order valence-corrected chi connectivity index (χ0v) is 10.2. The minimum Gasteiger partial charge on any atom is -0.378 e. The molecule has 1 aliphatic heterocycles. The van der Waals surface area contributed by atoms with Gasteiger partial charge in [-0.15, -0.1) is 0 Å². The largest absolute Gasteiger partial charge is 0.378 e. The van der Waals surface area contributed by atoms with Crippen LogP contribution in [-0.2, 0) is 4.74 Å². The Kier molecular flexibility index (Phi) is 6.22. The summed E-state index contributed by atoms with van der Waals surface area (Å²) in [6.45, 7) is 8.62. The molecule has 0 aromatic carbocycles. The molecule has 1 atom stereocenters. The number of ether oxygens (including phenoxy) is 1. The van der Waals surface area contributed by atoms with Crippen LogP contribution < -0.4 is 5.73 Å². The Morgan fingerprint density at radius 3 is 2.60 bits per heavy atom. The Hall–Kier alpha value is -0.120. The van der Waals surface area contributed by atoms with Crippen LogP contribution in [0.1, 0.15) is 39.5 Å². The Balaban J connectivity index is 2.04. The van der Waals surface area contributed by atoms with Gasteiger partial charge in [-0.05, 0) is 46.1 Å². The van der Waals surface area contributed by atoms with Crippen LogP contribution in [0, 0.1) is 0 Å². The number of nitrogens with two attached hydrogens (primary N) is 1. The van der Waals surface area contributed by atoms with Gasteiger partial charge in [0.15, 0.2) is 0 Å². The lowest BCUT2D eigenvalue weighted by Gasteiger charge is -2.31. The van der Waals surface area contributed by atoms with E-state index in [-0.39, 0.29) is 0 Å². The summed E-state index contributed by atoms with van der Waals surface area (Å²) in [4.78, 5) is 2.54. The molecule has 0 radical (unpaired) electrons.